The first-order chi connectivity index (χ1) is 8.39. The molecule has 0 aliphatic rings. The molecule has 0 amide bonds. The van der Waals surface area contributed by atoms with Crippen molar-refractivity contribution < 1.29 is 22.4 Å². The van der Waals surface area contributed by atoms with E-state index >= 15 is 0 Å². The Labute approximate surface area is 105 Å². The smallest absolute Gasteiger partial charge is 0.417 e. The molecule has 0 saturated carbocycles. The van der Waals surface area contributed by atoms with Gasteiger partial charge in [0.1, 0.15) is 5.76 Å². The zero-order valence-electron chi connectivity index (χ0n) is 8.79. The van der Waals surface area contributed by atoms with E-state index in [9.17, 15) is 18.0 Å². The lowest BCUT2D eigenvalue weighted by Gasteiger charge is -2.10. The second kappa shape index (κ2) is 4.49. The van der Waals surface area contributed by atoms with Crippen molar-refractivity contribution in [3.05, 3.63) is 47.7 Å². The maximum absolute atomic E-state index is 12.8. The lowest BCUT2D eigenvalue weighted by atomic mass is 10.1. The Morgan fingerprint density at radius 1 is 1.11 bits per heavy atom. The molecule has 1 aromatic carbocycles. The number of halogens is 4. The lowest BCUT2D eigenvalue weighted by Crippen LogP contribution is -2.06. The summed E-state index contributed by atoms with van der Waals surface area (Å²) < 4.78 is 43.3. The van der Waals surface area contributed by atoms with E-state index in [0.29, 0.717) is 0 Å². The molecule has 0 fully saturated rings. The first-order valence-electron chi connectivity index (χ1n) is 4.86. The highest BCUT2D eigenvalue weighted by Crippen LogP contribution is 2.37. The molecular formula is C12H6ClF3O2. The van der Waals surface area contributed by atoms with Crippen LogP contribution in [0.25, 0.3) is 11.3 Å². The van der Waals surface area contributed by atoms with Crippen LogP contribution in [0.5, 0.6) is 0 Å². The van der Waals surface area contributed by atoms with Crippen molar-refractivity contribution in [1.82, 2.24) is 0 Å². The normalized spacial score (nSPS) is 11.6. The first kappa shape index (κ1) is 12.7. The van der Waals surface area contributed by atoms with Gasteiger partial charge in [-0.05, 0) is 29.8 Å². The Morgan fingerprint density at radius 2 is 1.78 bits per heavy atom. The zero-order chi connectivity index (χ0) is 13.3. The molecule has 1 aromatic heterocycles. The van der Waals surface area contributed by atoms with Gasteiger partial charge in [0.25, 0.3) is 5.24 Å². The number of rotatable bonds is 2. The fourth-order valence-corrected chi connectivity index (χ4v) is 1.64. The minimum Gasteiger partial charge on any atom is -0.452 e. The summed E-state index contributed by atoms with van der Waals surface area (Å²) in [6, 6.07) is 7.46. The molecular weight excluding hydrogens is 269 g/mol. The second-order valence-electron chi connectivity index (χ2n) is 3.48. The van der Waals surface area contributed by atoms with Gasteiger partial charge in [0.15, 0.2) is 5.76 Å². The Kier molecular flexibility index (Phi) is 3.17. The van der Waals surface area contributed by atoms with E-state index in [1.165, 1.54) is 30.3 Å². The number of hydrogen-bond donors (Lipinski definition) is 0. The number of carbonyl (C=O) groups excluding carboxylic acids is 1. The van der Waals surface area contributed by atoms with Gasteiger partial charge in [-0.1, -0.05) is 18.2 Å². The average molecular weight is 275 g/mol. The highest BCUT2D eigenvalue weighted by Gasteiger charge is 2.34. The van der Waals surface area contributed by atoms with Crippen LogP contribution in [0.4, 0.5) is 13.2 Å². The Bertz CT molecular complexity index is 587. The van der Waals surface area contributed by atoms with Crippen LogP contribution in [0.15, 0.2) is 40.8 Å². The molecule has 0 N–H and O–H groups in total. The third-order valence-electron chi connectivity index (χ3n) is 2.30. The van der Waals surface area contributed by atoms with Crippen molar-refractivity contribution in [2.75, 3.05) is 0 Å². The SMILES string of the molecule is O=C(Cl)c1ccc(-c2ccccc2C(F)(F)F)o1. The summed E-state index contributed by atoms with van der Waals surface area (Å²) in [7, 11) is 0. The zero-order valence-corrected chi connectivity index (χ0v) is 9.55. The third-order valence-corrected chi connectivity index (χ3v) is 2.48. The predicted octanol–water partition coefficient (Wildman–Crippen LogP) is 4.34. The summed E-state index contributed by atoms with van der Waals surface area (Å²) in [5, 5.41) is -0.856. The molecule has 0 aliphatic carbocycles. The summed E-state index contributed by atoms with van der Waals surface area (Å²) in [4.78, 5) is 10.8. The van der Waals surface area contributed by atoms with Crippen LogP contribution in [-0.2, 0) is 6.18 Å². The highest BCUT2D eigenvalue weighted by atomic mass is 35.5. The highest BCUT2D eigenvalue weighted by molar-refractivity contribution is 6.67. The molecule has 2 nitrogen and oxygen atoms in total. The Balaban J connectivity index is 2.53. The summed E-state index contributed by atoms with van der Waals surface area (Å²) in [6.45, 7) is 0. The maximum atomic E-state index is 12.8. The maximum Gasteiger partial charge on any atom is 0.417 e. The summed E-state index contributed by atoms with van der Waals surface area (Å²) in [5.41, 5.74) is -0.956. The number of furan rings is 1. The molecule has 1 heterocycles. The van der Waals surface area contributed by atoms with E-state index in [0.717, 1.165) is 6.07 Å². The molecule has 0 atom stereocenters. The van der Waals surface area contributed by atoms with Gasteiger partial charge in [-0.15, -0.1) is 0 Å². The molecule has 0 spiro atoms. The number of hydrogen-bond acceptors (Lipinski definition) is 2. The molecule has 94 valence electrons. The van der Waals surface area contributed by atoms with Crippen LogP contribution >= 0.6 is 11.6 Å². The molecule has 0 radical (unpaired) electrons. The van der Waals surface area contributed by atoms with Crippen molar-refractivity contribution in [1.29, 1.82) is 0 Å². The van der Waals surface area contributed by atoms with E-state index in [2.05, 4.69) is 0 Å². The molecule has 2 rings (SSSR count). The number of alkyl halides is 3. The second-order valence-corrected chi connectivity index (χ2v) is 3.82. The van der Waals surface area contributed by atoms with Gasteiger partial charge >= 0.3 is 6.18 Å². The lowest BCUT2D eigenvalue weighted by molar-refractivity contribution is -0.137. The van der Waals surface area contributed by atoms with Gasteiger partial charge in [-0.25, -0.2) is 0 Å². The number of benzene rings is 1. The van der Waals surface area contributed by atoms with Crippen LogP contribution in [-0.4, -0.2) is 5.24 Å². The van der Waals surface area contributed by atoms with Crippen molar-refractivity contribution in [3.8, 4) is 11.3 Å². The number of carbonyl (C=O) groups is 1. The Hall–Kier alpha value is -1.75. The van der Waals surface area contributed by atoms with Crippen molar-refractivity contribution >= 4 is 16.8 Å². The van der Waals surface area contributed by atoms with Crippen molar-refractivity contribution in [2.24, 2.45) is 0 Å². The van der Waals surface area contributed by atoms with E-state index in [-0.39, 0.29) is 17.1 Å². The van der Waals surface area contributed by atoms with Gasteiger partial charge in [-0.3, -0.25) is 4.79 Å². The van der Waals surface area contributed by atoms with E-state index in [1.54, 1.807) is 0 Å². The van der Waals surface area contributed by atoms with Crippen molar-refractivity contribution in [3.63, 3.8) is 0 Å². The monoisotopic (exact) mass is 274 g/mol. The largest absolute Gasteiger partial charge is 0.452 e. The van der Waals surface area contributed by atoms with E-state index in [1.807, 2.05) is 0 Å². The predicted molar refractivity (Wildman–Crippen MR) is 59.3 cm³/mol. The quantitative estimate of drug-likeness (QED) is 0.762. The molecule has 0 unspecified atom stereocenters. The molecule has 0 bridgehead atoms. The fourth-order valence-electron chi connectivity index (χ4n) is 1.53. The third kappa shape index (κ3) is 2.41. The summed E-state index contributed by atoms with van der Waals surface area (Å²) in [6.07, 6.45) is -4.49. The molecule has 18 heavy (non-hydrogen) atoms. The van der Waals surface area contributed by atoms with Crippen molar-refractivity contribution in [2.45, 2.75) is 6.18 Å². The fraction of sp³-hybridized carbons (Fsp3) is 0.0833. The minimum atomic E-state index is -4.49. The van der Waals surface area contributed by atoms with Crippen LogP contribution in [0.1, 0.15) is 16.1 Å². The molecule has 6 heteroatoms. The van der Waals surface area contributed by atoms with Gasteiger partial charge in [0.05, 0.1) is 5.56 Å². The van der Waals surface area contributed by atoms with E-state index < -0.39 is 17.0 Å². The van der Waals surface area contributed by atoms with Gasteiger partial charge in [0, 0.05) is 5.56 Å². The molecule has 2 aromatic rings. The van der Waals surface area contributed by atoms with Crippen LogP contribution in [0.3, 0.4) is 0 Å². The molecule has 0 saturated heterocycles. The standard InChI is InChI=1S/C12H6ClF3O2/c13-11(17)10-6-5-9(18-10)7-3-1-2-4-8(7)12(14,15)16/h1-6H. The molecule has 0 aliphatic heterocycles. The van der Waals surface area contributed by atoms with Crippen LogP contribution in [0, 0.1) is 0 Å². The minimum absolute atomic E-state index is 0.0491. The van der Waals surface area contributed by atoms with Gasteiger partial charge in [0.2, 0.25) is 0 Å². The van der Waals surface area contributed by atoms with E-state index in [4.69, 9.17) is 16.0 Å². The topological polar surface area (TPSA) is 30.2 Å². The summed E-state index contributed by atoms with van der Waals surface area (Å²) >= 11 is 5.18. The van der Waals surface area contributed by atoms with Crippen LogP contribution < -0.4 is 0 Å². The average Bonchev–Trinajstić information content (AvgIpc) is 2.77. The first-order valence-corrected chi connectivity index (χ1v) is 5.23. The van der Waals surface area contributed by atoms with Crippen LogP contribution in [0.2, 0.25) is 0 Å². The Morgan fingerprint density at radius 3 is 2.33 bits per heavy atom. The van der Waals surface area contributed by atoms with Gasteiger partial charge in [-0.2, -0.15) is 13.2 Å². The van der Waals surface area contributed by atoms with Gasteiger partial charge < -0.3 is 4.42 Å². The summed E-state index contributed by atoms with van der Waals surface area (Å²) in [5.74, 6) is -0.240.